The summed E-state index contributed by atoms with van der Waals surface area (Å²) < 4.78 is 0. The highest BCUT2D eigenvalue weighted by Gasteiger charge is 2.38. The van der Waals surface area contributed by atoms with E-state index in [-0.39, 0.29) is 5.54 Å². The molecule has 0 radical (unpaired) electrons. The average Bonchev–Trinajstić information content (AvgIpc) is 2.68. The van der Waals surface area contributed by atoms with E-state index < -0.39 is 0 Å². The molecule has 2 aliphatic rings. The summed E-state index contributed by atoms with van der Waals surface area (Å²) in [4.78, 5) is 6.85. The van der Waals surface area contributed by atoms with Gasteiger partial charge in [-0.15, -0.1) is 0 Å². The van der Waals surface area contributed by atoms with Gasteiger partial charge in [-0.2, -0.15) is 0 Å². The Labute approximate surface area is 105 Å². The van der Waals surface area contributed by atoms with Crippen molar-refractivity contribution in [3.63, 3.8) is 0 Å². The fourth-order valence-corrected chi connectivity index (χ4v) is 2.89. The van der Waals surface area contributed by atoms with Gasteiger partial charge < -0.3 is 16.0 Å². The SMILES string of the molecule is CN(C)C1(CN=C(N)NC2CCCC2)CCC1. The molecule has 0 aliphatic heterocycles. The molecule has 0 bridgehead atoms. The lowest BCUT2D eigenvalue weighted by molar-refractivity contribution is 0.0699. The summed E-state index contributed by atoms with van der Waals surface area (Å²) in [5, 5.41) is 3.35. The van der Waals surface area contributed by atoms with Crippen molar-refractivity contribution < 1.29 is 0 Å². The zero-order valence-electron chi connectivity index (χ0n) is 11.2. The summed E-state index contributed by atoms with van der Waals surface area (Å²) in [5.74, 6) is 0.644. The molecule has 17 heavy (non-hydrogen) atoms. The van der Waals surface area contributed by atoms with Crippen molar-refractivity contribution in [1.29, 1.82) is 0 Å². The van der Waals surface area contributed by atoms with Crippen LogP contribution in [0.25, 0.3) is 0 Å². The fourth-order valence-electron chi connectivity index (χ4n) is 2.89. The minimum absolute atomic E-state index is 0.280. The maximum atomic E-state index is 5.96. The van der Waals surface area contributed by atoms with Gasteiger partial charge in [-0.25, -0.2) is 0 Å². The van der Waals surface area contributed by atoms with E-state index >= 15 is 0 Å². The van der Waals surface area contributed by atoms with Gasteiger partial charge in [-0.1, -0.05) is 12.8 Å². The Balaban J connectivity index is 1.82. The second kappa shape index (κ2) is 5.25. The van der Waals surface area contributed by atoms with Crippen LogP contribution in [0.15, 0.2) is 4.99 Å². The Kier molecular flexibility index (Phi) is 3.92. The van der Waals surface area contributed by atoms with Gasteiger partial charge in [-0.3, -0.25) is 4.99 Å². The number of hydrogen-bond acceptors (Lipinski definition) is 2. The maximum Gasteiger partial charge on any atom is 0.188 e. The molecule has 0 atom stereocenters. The van der Waals surface area contributed by atoms with Gasteiger partial charge in [0.2, 0.25) is 0 Å². The Morgan fingerprint density at radius 1 is 1.29 bits per heavy atom. The number of guanidine groups is 1. The first-order chi connectivity index (χ1) is 8.12. The van der Waals surface area contributed by atoms with Crippen molar-refractivity contribution in [2.75, 3.05) is 20.6 Å². The standard InChI is InChI=1S/C13H26N4/c1-17(2)13(8-5-9-13)10-15-12(14)16-11-6-3-4-7-11/h11H,3-10H2,1-2H3,(H3,14,15,16). The minimum atomic E-state index is 0.280. The molecule has 0 aromatic carbocycles. The van der Waals surface area contributed by atoms with Crippen LogP contribution in [0.5, 0.6) is 0 Å². The van der Waals surface area contributed by atoms with Gasteiger partial charge in [0.15, 0.2) is 5.96 Å². The Bertz CT molecular complexity index is 275. The number of nitrogens with zero attached hydrogens (tertiary/aromatic N) is 2. The highest BCUT2D eigenvalue weighted by atomic mass is 15.2. The molecule has 98 valence electrons. The third-order valence-electron chi connectivity index (χ3n) is 4.48. The average molecular weight is 238 g/mol. The third-order valence-corrected chi connectivity index (χ3v) is 4.48. The Morgan fingerprint density at radius 2 is 1.94 bits per heavy atom. The molecular formula is C13H26N4. The van der Waals surface area contributed by atoms with Gasteiger partial charge in [0, 0.05) is 11.6 Å². The van der Waals surface area contributed by atoms with Crippen molar-refractivity contribution in [3.8, 4) is 0 Å². The monoisotopic (exact) mass is 238 g/mol. The van der Waals surface area contributed by atoms with Crippen LogP contribution >= 0.6 is 0 Å². The number of likely N-dealkylation sites (N-methyl/N-ethyl adjacent to an activating group) is 1. The highest BCUT2D eigenvalue weighted by Crippen LogP contribution is 2.36. The molecule has 0 amide bonds. The van der Waals surface area contributed by atoms with E-state index in [1.807, 2.05) is 0 Å². The van der Waals surface area contributed by atoms with Gasteiger partial charge in [0.25, 0.3) is 0 Å². The molecule has 2 saturated carbocycles. The molecule has 0 spiro atoms. The van der Waals surface area contributed by atoms with Crippen LogP contribution < -0.4 is 11.1 Å². The molecule has 3 N–H and O–H groups in total. The topological polar surface area (TPSA) is 53.6 Å². The summed E-state index contributed by atoms with van der Waals surface area (Å²) in [6.45, 7) is 0.839. The van der Waals surface area contributed by atoms with Gasteiger partial charge in [0.1, 0.15) is 0 Å². The molecular weight excluding hydrogens is 212 g/mol. The van der Waals surface area contributed by atoms with Crippen molar-refractivity contribution in [1.82, 2.24) is 10.2 Å². The predicted molar refractivity (Wildman–Crippen MR) is 72.2 cm³/mol. The number of hydrogen-bond donors (Lipinski definition) is 2. The van der Waals surface area contributed by atoms with Gasteiger partial charge >= 0.3 is 0 Å². The molecule has 2 fully saturated rings. The van der Waals surface area contributed by atoms with E-state index in [9.17, 15) is 0 Å². The van der Waals surface area contributed by atoms with E-state index in [1.54, 1.807) is 0 Å². The first-order valence-electron chi connectivity index (χ1n) is 6.86. The van der Waals surface area contributed by atoms with Crippen LogP contribution in [-0.4, -0.2) is 43.1 Å². The van der Waals surface area contributed by atoms with E-state index in [2.05, 4.69) is 29.3 Å². The van der Waals surface area contributed by atoms with E-state index in [0.717, 1.165) is 6.54 Å². The van der Waals surface area contributed by atoms with Gasteiger partial charge in [0.05, 0.1) is 6.54 Å². The van der Waals surface area contributed by atoms with E-state index in [4.69, 9.17) is 5.73 Å². The molecule has 0 saturated heterocycles. The predicted octanol–water partition coefficient (Wildman–Crippen LogP) is 1.32. The van der Waals surface area contributed by atoms with Crippen molar-refractivity contribution in [3.05, 3.63) is 0 Å². The fraction of sp³-hybridized carbons (Fsp3) is 0.923. The van der Waals surface area contributed by atoms with Crippen LogP contribution in [0.4, 0.5) is 0 Å². The number of aliphatic imine (C=N–C) groups is 1. The lowest BCUT2D eigenvalue weighted by Gasteiger charge is -2.46. The summed E-state index contributed by atoms with van der Waals surface area (Å²) in [6.07, 6.45) is 8.97. The second-order valence-corrected chi connectivity index (χ2v) is 5.80. The summed E-state index contributed by atoms with van der Waals surface area (Å²) in [7, 11) is 4.30. The van der Waals surface area contributed by atoms with Crippen LogP contribution in [0, 0.1) is 0 Å². The molecule has 2 aliphatic carbocycles. The Morgan fingerprint density at radius 3 is 2.41 bits per heavy atom. The number of rotatable bonds is 4. The van der Waals surface area contributed by atoms with Crippen LogP contribution in [0.1, 0.15) is 44.9 Å². The maximum absolute atomic E-state index is 5.96. The van der Waals surface area contributed by atoms with Crippen molar-refractivity contribution in [2.45, 2.75) is 56.5 Å². The minimum Gasteiger partial charge on any atom is -0.370 e. The zero-order chi connectivity index (χ0) is 12.3. The van der Waals surface area contributed by atoms with E-state index in [0.29, 0.717) is 12.0 Å². The summed E-state index contributed by atoms with van der Waals surface area (Å²) in [6, 6.07) is 0.565. The largest absolute Gasteiger partial charge is 0.370 e. The molecule has 0 aromatic heterocycles. The van der Waals surface area contributed by atoms with E-state index in [1.165, 1.54) is 44.9 Å². The summed E-state index contributed by atoms with van der Waals surface area (Å²) >= 11 is 0. The third kappa shape index (κ3) is 2.92. The first-order valence-corrected chi connectivity index (χ1v) is 6.86. The quantitative estimate of drug-likeness (QED) is 0.574. The van der Waals surface area contributed by atoms with Crippen molar-refractivity contribution in [2.24, 2.45) is 10.7 Å². The molecule has 4 nitrogen and oxygen atoms in total. The normalized spacial score (nSPS) is 25.0. The highest BCUT2D eigenvalue weighted by molar-refractivity contribution is 5.78. The Hall–Kier alpha value is -0.770. The number of nitrogens with two attached hydrogens (primary N) is 1. The zero-order valence-corrected chi connectivity index (χ0v) is 11.2. The lowest BCUT2D eigenvalue weighted by atomic mass is 9.76. The van der Waals surface area contributed by atoms with Crippen LogP contribution in [-0.2, 0) is 0 Å². The molecule has 0 aromatic rings. The van der Waals surface area contributed by atoms with Crippen molar-refractivity contribution >= 4 is 5.96 Å². The smallest absolute Gasteiger partial charge is 0.188 e. The van der Waals surface area contributed by atoms with Crippen LogP contribution in [0.2, 0.25) is 0 Å². The second-order valence-electron chi connectivity index (χ2n) is 5.80. The molecule has 0 unspecified atom stereocenters. The first kappa shape index (κ1) is 12.7. The summed E-state index contributed by atoms with van der Waals surface area (Å²) in [5.41, 5.74) is 6.24. The molecule has 4 heteroatoms. The molecule has 2 rings (SSSR count). The van der Waals surface area contributed by atoms with Crippen LogP contribution in [0.3, 0.4) is 0 Å². The van der Waals surface area contributed by atoms with Gasteiger partial charge in [-0.05, 0) is 46.2 Å². The molecule has 0 heterocycles. The lowest BCUT2D eigenvalue weighted by Crippen LogP contribution is -2.53. The number of nitrogens with one attached hydrogen (secondary N) is 1.